The molecule has 4 heteroatoms. The van der Waals surface area contributed by atoms with E-state index in [-0.39, 0.29) is 5.91 Å². The fraction of sp³-hybridized carbons (Fsp3) is 0.188. The third-order valence-electron chi connectivity index (χ3n) is 2.75. The second-order valence-corrected chi connectivity index (χ2v) is 5.94. The monoisotopic (exact) mass is 349 g/mol. The van der Waals surface area contributed by atoms with E-state index >= 15 is 0 Å². The molecule has 0 atom stereocenters. The molecule has 2 aromatic carbocycles. The van der Waals surface area contributed by atoms with Gasteiger partial charge in [0, 0.05) is 16.8 Å². The molecule has 0 fully saturated rings. The smallest absolute Gasteiger partial charge is 0.230 e. The van der Waals surface area contributed by atoms with Gasteiger partial charge in [-0.1, -0.05) is 58.4 Å². The summed E-state index contributed by atoms with van der Waals surface area (Å²) in [5.74, 6) is 0.505. The summed E-state index contributed by atoms with van der Waals surface area (Å²) in [7, 11) is 0. The van der Waals surface area contributed by atoms with E-state index in [9.17, 15) is 4.79 Å². The molecule has 1 amide bonds. The van der Waals surface area contributed by atoms with E-state index in [4.69, 9.17) is 0 Å². The highest BCUT2D eigenvalue weighted by atomic mass is 79.9. The van der Waals surface area contributed by atoms with Gasteiger partial charge in [-0.25, -0.2) is 0 Å². The Morgan fingerprint density at radius 3 is 2.55 bits per heavy atom. The van der Waals surface area contributed by atoms with Crippen LogP contribution in [-0.4, -0.2) is 11.7 Å². The summed E-state index contributed by atoms with van der Waals surface area (Å²) >= 11 is 4.98. The number of amides is 1. The molecule has 20 heavy (non-hydrogen) atoms. The van der Waals surface area contributed by atoms with E-state index in [1.165, 1.54) is 5.56 Å². The fourth-order valence-electron chi connectivity index (χ4n) is 1.74. The van der Waals surface area contributed by atoms with Gasteiger partial charge in [0.2, 0.25) is 5.91 Å². The van der Waals surface area contributed by atoms with Crippen molar-refractivity contribution >= 4 is 33.6 Å². The molecule has 0 aliphatic carbocycles. The molecule has 1 N–H and O–H groups in total. The van der Waals surface area contributed by atoms with Crippen LogP contribution in [0.4, 0.5) is 0 Å². The molecule has 104 valence electrons. The Balaban J connectivity index is 1.77. The number of hydrogen-bond donors (Lipinski definition) is 1. The number of carbonyl (C=O) groups excluding carboxylic acids is 1. The first-order chi connectivity index (χ1) is 9.78. The van der Waals surface area contributed by atoms with Gasteiger partial charge in [-0.3, -0.25) is 4.79 Å². The van der Waals surface area contributed by atoms with Crippen LogP contribution in [0, 0.1) is 0 Å². The van der Waals surface area contributed by atoms with Crippen molar-refractivity contribution in [2.45, 2.75) is 16.8 Å². The van der Waals surface area contributed by atoms with Crippen LogP contribution in [0.15, 0.2) is 59.5 Å². The highest BCUT2D eigenvalue weighted by Crippen LogP contribution is 2.16. The minimum atomic E-state index is 0.0584. The fourth-order valence-corrected chi connectivity index (χ4v) is 2.84. The van der Waals surface area contributed by atoms with Crippen LogP contribution in [-0.2, 0) is 16.7 Å². The molecule has 0 aromatic heterocycles. The van der Waals surface area contributed by atoms with Crippen molar-refractivity contribution < 1.29 is 4.79 Å². The molecule has 0 saturated carbocycles. The maximum absolute atomic E-state index is 11.8. The highest BCUT2D eigenvalue weighted by Gasteiger charge is 2.03. The van der Waals surface area contributed by atoms with Crippen LogP contribution in [0.25, 0.3) is 0 Å². The first kappa shape index (κ1) is 15.1. The van der Waals surface area contributed by atoms with Gasteiger partial charge in [-0.15, -0.1) is 11.8 Å². The molecule has 0 aliphatic heterocycles. The predicted octanol–water partition coefficient (Wildman–Crippen LogP) is 3.99. The number of nitrogens with one attached hydrogen (secondary N) is 1. The van der Waals surface area contributed by atoms with Crippen LogP contribution in [0.2, 0.25) is 0 Å². The van der Waals surface area contributed by atoms with Gasteiger partial charge in [0.15, 0.2) is 0 Å². The van der Waals surface area contributed by atoms with Gasteiger partial charge in [0.05, 0.1) is 5.75 Å². The molecule has 0 aliphatic rings. The van der Waals surface area contributed by atoms with Crippen molar-refractivity contribution in [1.82, 2.24) is 5.32 Å². The first-order valence-electron chi connectivity index (χ1n) is 6.36. The normalized spacial score (nSPS) is 10.2. The minimum Gasteiger partial charge on any atom is -0.351 e. The van der Waals surface area contributed by atoms with Crippen molar-refractivity contribution in [2.75, 3.05) is 5.75 Å². The zero-order valence-corrected chi connectivity index (χ0v) is 13.4. The Kier molecular flexibility index (Phi) is 6.15. The molecule has 0 radical (unpaired) electrons. The molecule has 0 unspecified atom stereocenters. The summed E-state index contributed by atoms with van der Waals surface area (Å²) in [5.41, 5.74) is 2.34. The van der Waals surface area contributed by atoms with Crippen LogP contribution in [0.5, 0.6) is 0 Å². The Labute approximate surface area is 132 Å². The summed E-state index contributed by atoms with van der Waals surface area (Å²) in [4.78, 5) is 12.9. The molecular formula is C16H16BrNOS. The van der Waals surface area contributed by atoms with Crippen molar-refractivity contribution in [3.05, 3.63) is 65.7 Å². The predicted molar refractivity (Wildman–Crippen MR) is 88.1 cm³/mol. The van der Waals surface area contributed by atoms with Crippen molar-refractivity contribution in [3.63, 3.8) is 0 Å². The lowest BCUT2D eigenvalue weighted by Crippen LogP contribution is -2.24. The van der Waals surface area contributed by atoms with Crippen molar-refractivity contribution in [3.8, 4) is 0 Å². The first-order valence-corrected chi connectivity index (χ1v) is 8.47. The zero-order valence-electron chi connectivity index (χ0n) is 11.0. The maximum atomic E-state index is 11.8. The lowest BCUT2D eigenvalue weighted by molar-refractivity contribution is -0.118. The van der Waals surface area contributed by atoms with Gasteiger partial charge in [0.25, 0.3) is 0 Å². The summed E-state index contributed by atoms with van der Waals surface area (Å²) in [5, 5.41) is 3.78. The average Bonchev–Trinajstić information content (AvgIpc) is 2.52. The third kappa shape index (κ3) is 5.02. The number of hydrogen-bond acceptors (Lipinski definition) is 2. The summed E-state index contributed by atoms with van der Waals surface area (Å²) in [6, 6.07) is 18.1. The molecule has 0 bridgehead atoms. The van der Waals surface area contributed by atoms with Crippen LogP contribution in [0.1, 0.15) is 11.1 Å². The van der Waals surface area contributed by atoms with Crippen LogP contribution < -0.4 is 5.32 Å². The van der Waals surface area contributed by atoms with E-state index in [1.807, 2.05) is 42.5 Å². The Morgan fingerprint density at radius 1 is 1.05 bits per heavy atom. The standard InChI is InChI=1S/C16H16BrNOS/c17-10-13-5-4-6-14(9-13)11-18-16(19)12-20-15-7-2-1-3-8-15/h1-9H,10-12H2,(H,18,19). The van der Waals surface area contributed by atoms with Gasteiger partial charge >= 0.3 is 0 Å². The number of benzene rings is 2. The molecule has 0 heterocycles. The molecule has 2 nitrogen and oxygen atoms in total. The largest absolute Gasteiger partial charge is 0.351 e. The summed E-state index contributed by atoms with van der Waals surface area (Å²) in [6.45, 7) is 0.578. The topological polar surface area (TPSA) is 29.1 Å². The number of halogens is 1. The zero-order chi connectivity index (χ0) is 14.2. The van der Waals surface area contributed by atoms with Gasteiger partial charge in [-0.2, -0.15) is 0 Å². The summed E-state index contributed by atoms with van der Waals surface area (Å²) in [6.07, 6.45) is 0. The van der Waals surface area contributed by atoms with Crippen molar-refractivity contribution in [2.24, 2.45) is 0 Å². The average molecular weight is 350 g/mol. The molecule has 2 rings (SSSR count). The lowest BCUT2D eigenvalue weighted by Gasteiger charge is -2.06. The second kappa shape index (κ2) is 8.12. The van der Waals surface area contributed by atoms with E-state index in [0.717, 1.165) is 15.8 Å². The molecular weight excluding hydrogens is 334 g/mol. The molecule has 0 spiro atoms. The SMILES string of the molecule is O=C(CSc1ccccc1)NCc1cccc(CBr)c1. The van der Waals surface area contributed by atoms with E-state index in [2.05, 4.69) is 33.4 Å². The lowest BCUT2D eigenvalue weighted by atomic mass is 10.1. The van der Waals surface area contributed by atoms with Gasteiger partial charge in [-0.05, 0) is 23.3 Å². The highest BCUT2D eigenvalue weighted by molar-refractivity contribution is 9.08. The maximum Gasteiger partial charge on any atom is 0.230 e. The molecule has 0 saturated heterocycles. The number of alkyl halides is 1. The Morgan fingerprint density at radius 2 is 1.80 bits per heavy atom. The Hall–Kier alpha value is -1.26. The van der Waals surface area contributed by atoms with E-state index in [1.54, 1.807) is 11.8 Å². The van der Waals surface area contributed by atoms with Crippen LogP contribution in [0.3, 0.4) is 0 Å². The minimum absolute atomic E-state index is 0.0584. The van der Waals surface area contributed by atoms with Gasteiger partial charge < -0.3 is 5.32 Å². The Bertz CT molecular complexity index is 559. The quantitative estimate of drug-likeness (QED) is 0.631. The van der Waals surface area contributed by atoms with E-state index in [0.29, 0.717) is 12.3 Å². The van der Waals surface area contributed by atoms with Gasteiger partial charge in [0.1, 0.15) is 0 Å². The third-order valence-corrected chi connectivity index (χ3v) is 4.41. The van der Waals surface area contributed by atoms with Crippen LogP contribution >= 0.6 is 27.7 Å². The second-order valence-electron chi connectivity index (χ2n) is 4.33. The number of rotatable bonds is 6. The van der Waals surface area contributed by atoms with Crippen molar-refractivity contribution in [1.29, 1.82) is 0 Å². The molecule has 2 aromatic rings. The van der Waals surface area contributed by atoms with E-state index < -0.39 is 0 Å². The summed E-state index contributed by atoms with van der Waals surface area (Å²) < 4.78 is 0. The number of thioether (sulfide) groups is 1. The number of carbonyl (C=O) groups is 1.